The number of allylic oxidation sites excluding steroid dienone is 1. The van der Waals surface area contributed by atoms with Crippen molar-refractivity contribution in [3.8, 4) is 0 Å². The summed E-state index contributed by atoms with van der Waals surface area (Å²) < 4.78 is 4.78. The Bertz CT molecular complexity index is 416. The molecule has 92 valence electrons. The molecule has 0 amide bonds. The first-order valence-corrected chi connectivity index (χ1v) is 5.99. The van der Waals surface area contributed by atoms with E-state index in [0.717, 1.165) is 12.0 Å². The summed E-state index contributed by atoms with van der Waals surface area (Å²) in [4.78, 5) is 11.7. The minimum Gasteiger partial charge on any atom is -0.469 e. The Morgan fingerprint density at radius 1 is 1.53 bits per heavy atom. The average molecular weight is 273 g/mol. The van der Waals surface area contributed by atoms with E-state index >= 15 is 0 Å². The molecule has 0 saturated carbocycles. The van der Waals surface area contributed by atoms with Gasteiger partial charge < -0.3 is 4.74 Å². The second-order valence-electron chi connectivity index (χ2n) is 3.61. The molecule has 0 heterocycles. The molecule has 1 aromatic carbocycles. The van der Waals surface area contributed by atoms with Gasteiger partial charge in [0.25, 0.3) is 0 Å². The SMILES string of the molecule is C=CCCC(C(=O)OC)c1ccc(Cl)cc1Cl. The highest BCUT2D eigenvalue weighted by Crippen LogP contribution is 2.31. The van der Waals surface area contributed by atoms with Crippen molar-refractivity contribution in [2.45, 2.75) is 18.8 Å². The Balaban J connectivity index is 3.03. The van der Waals surface area contributed by atoms with Crippen molar-refractivity contribution in [2.24, 2.45) is 0 Å². The third kappa shape index (κ3) is 3.76. The van der Waals surface area contributed by atoms with Gasteiger partial charge in [0.15, 0.2) is 0 Å². The van der Waals surface area contributed by atoms with Crippen LogP contribution in [-0.2, 0) is 9.53 Å². The van der Waals surface area contributed by atoms with Gasteiger partial charge in [-0.1, -0.05) is 35.3 Å². The molecule has 1 aromatic rings. The molecule has 0 fully saturated rings. The lowest BCUT2D eigenvalue weighted by Crippen LogP contribution is -2.14. The molecule has 2 nitrogen and oxygen atoms in total. The molecule has 0 aliphatic rings. The zero-order chi connectivity index (χ0) is 12.8. The second-order valence-corrected chi connectivity index (χ2v) is 4.45. The van der Waals surface area contributed by atoms with Crippen LogP contribution in [0.4, 0.5) is 0 Å². The van der Waals surface area contributed by atoms with E-state index in [-0.39, 0.29) is 11.9 Å². The Hall–Kier alpha value is -0.990. The number of ether oxygens (including phenoxy) is 1. The van der Waals surface area contributed by atoms with E-state index < -0.39 is 0 Å². The van der Waals surface area contributed by atoms with Crippen LogP contribution >= 0.6 is 23.2 Å². The molecule has 0 radical (unpaired) electrons. The minimum absolute atomic E-state index is 0.295. The van der Waals surface area contributed by atoms with Gasteiger partial charge in [-0.05, 0) is 30.5 Å². The fourth-order valence-electron chi connectivity index (χ4n) is 1.61. The van der Waals surface area contributed by atoms with E-state index in [1.54, 1.807) is 24.3 Å². The quantitative estimate of drug-likeness (QED) is 0.593. The van der Waals surface area contributed by atoms with E-state index in [2.05, 4.69) is 6.58 Å². The summed E-state index contributed by atoms with van der Waals surface area (Å²) in [6, 6.07) is 5.10. The molecule has 0 bridgehead atoms. The summed E-state index contributed by atoms with van der Waals surface area (Å²) in [6.45, 7) is 3.64. The van der Waals surface area contributed by atoms with Crippen molar-refractivity contribution in [1.29, 1.82) is 0 Å². The van der Waals surface area contributed by atoms with Gasteiger partial charge in [-0.15, -0.1) is 6.58 Å². The van der Waals surface area contributed by atoms with Gasteiger partial charge in [-0.3, -0.25) is 4.79 Å². The summed E-state index contributed by atoms with van der Waals surface area (Å²) in [6.07, 6.45) is 3.11. The molecule has 1 rings (SSSR count). The number of benzene rings is 1. The van der Waals surface area contributed by atoms with Crippen LogP contribution in [0, 0.1) is 0 Å². The molecule has 0 saturated heterocycles. The van der Waals surface area contributed by atoms with Crippen molar-refractivity contribution >= 4 is 29.2 Å². The van der Waals surface area contributed by atoms with Crippen molar-refractivity contribution in [2.75, 3.05) is 7.11 Å². The fraction of sp³-hybridized carbons (Fsp3) is 0.308. The standard InChI is InChI=1S/C13H14Cl2O2/c1-3-4-5-11(13(16)17-2)10-7-6-9(14)8-12(10)15/h3,6-8,11H,1,4-5H2,2H3. The predicted molar refractivity (Wildman–Crippen MR) is 70.7 cm³/mol. The largest absolute Gasteiger partial charge is 0.469 e. The predicted octanol–water partition coefficient (Wildman–Crippen LogP) is 4.22. The third-order valence-corrected chi connectivity index (χ3v) is 3.05. The van der Waals surface area contributed by atoms with E-state index in [1.165, 1.54) is 7.11 Å². The highest BCUT2D eigenvalue weighted by Gasteiger charge is 2.22. The molecule has 0 aliphatic heterocycles. The summed E-state index contributed by atoms with van der Waals surface area (Å²) in [5.41, 5.74) is 0.741. The number of hydrogen-bond acceptors (Lipinski definition) is 2. The van der Waals surface area contributed by atoms with Gasteiger partial charge in [0.05, 0.1) is 13.0 Å². The van der Waals surface area contributed by atoms with Crippen LogP contribution < -0.4 is 0 Å². The first-order valence-electron chi connectivity index (χ1n) is 5.23. The summed E-state index contributed by atoms with van der Waals surface area (Å²) in [5, 5.41) is 1.03. The van der Waals surface area contributed by atoms with Crippen molar-refractivity contribution in [1.82, 2.24) is 0 Å². The number of esters is 1. The molecule has 0 aromatic heterocycles. The molecule has 17 heavy (non-hydrogen) atoms. The smallest absolute Gasteiger partial charge is 0.313 e. The van der Waals surface area contributed by atoms with Crippen LogP contribution in [0.5, 0.6) is 0 Å². The Morgan fingerprint density at radius 2 is 2.24 bits per heavy atom. The molecule has 1 unspecified atom stereocenters. The van der Waals surface area contributed by atoms with Crippen LogP contribution in [0.2, 0.25) is 10.0 Å². The summed E-state index contributed by atoms with van der Waals surface area (Å²) in [5.74, 6) is -0.668. The highest BCUT2D eigenvalue weighted by atomic mass is 35.5. The van der Waals surface area contributed by atoms with Crippen LogP contribution in [0.25, 0.3) is 0 Å². The van der Waals surface area contributed by atoms with Crippen molar-refractivity contribution < 1.29 is 9.53 Å². The lowest BCUT2D eigenvalue weighted by Gasteiger charge is -2.15. The van der Waals surface area contributed by atoms with E-state index in [0.29, 0.717) is 16.5 Å². The van der Waals surface area contributed by atoms with Crippen LogP contribution in [-0.4, -0.2) is 13.1 Å². The monoisotopic (exact) mass is 272 g/mol. The Morgan fingerprint density at radius 3 is 2.76 bits per heavy atom. The first-order chi connectivity index (χ1) is 8.10. The average Bonchev–Trinajstić information content (AvgIpc) is 2.31. The number of carbonyl (C=O) groups excluding carboxylic acids is 1. The molecule has 0 aliphatic carbocycles. The normalized spacial score (nSPS) is 11.9. The lowest BCUT2D eigenvalue weighted by atomic mass is 9.94. The molecule has 1 atom stereocenters. The maximum Gasteiger partial charge on any atom is 0.313 e. The van der Waals surface area contributed by atoms with E-state index in [4.69, 9.17) is 27.9 Å². The highest BCUT2D eigenvalue weighted by molar-refractivity contribution is 6.35. The topological polar surface area (TPSA) is 26.3 Å². The zero-order valence-corrected chi connectivity index (χ0v) is 11.1. The number of hydrogen-bond donors (Lipinski definition) is 0. The van der Waals surface area contributed by atoms with Crippen molar-refractivity contribution in [3.05, 3.63) is 46.5 Å². The number of rotatable bonds is 5. The van der Waals surface area contributed by atoms with Gasteiger partial charge in [0.1, 0.15) is 0 Å². The number of carbonyl (C=O) groups is 1. The second kappa shape index (κ2) is 6.67. The van der Waals surface area contributed by atoms with Crippen LogP contribution in [0.1, 0.15) is 24.3 Å². The molecule has 0 N–H and O–H groups in total. The summed E-state index contributed by atoms with van der Waals surface area (Å²) in [7, 11) is 1.37. The number of methoxy groups -OCH3 is 1. The van der Waals surface area contributed by atoms with E-state index in [9.17, 15) is 4.79 Å². The third-order valence-electron chi connectivity index (χ3n) is 2.48. The maximum absolute atomic E-state index is 11.7. The van der Waals surface area contributed by atoms with Gasteiger partial charge in [0.2, 0.25) is 0 Å². The van der Waals surface area contributed by atoms with Crippen molar-refractivity contribution in [3.63, 3.8) is 0 Å². The molecule has 0 spiro atoms. The van der Waals surface area contributed by atoms with E-state index in [1.807, 2.05) is 0 Å². The zero-order valence-electron chi connectivity index (χ0n) is 9.58. The molecular formula is C13H14Cl2O2. The van der Waals surface area contributed by atoms with Gasteiger partial charge in [-0.2, -0.15) is 0 Å². The first kappa shape index (κ1) is 14.1. The maximum atomic E-state index is 11.7. The van der Waals surface area contributed by atoms with Gasteiger partial charge in [-0.25, -0.2) is 0 Å². The minimum atomic E-state index is -0.372. The Kier molecular flexibility index (Phi) is 5.52. The molecule has 4 heteroatoms. The van der Waals surface area contributed by atoms with Crippen LogP contribution in [0.3, 0.4) is 0 Å². The summed E-state index contributed by atoms with van der Waals surface area (Å²) >= 11 is 11.9. The van der Waals surface area contributed by atoms with Gasteiger partial charge >= 0.3 is 5.97 Å². The van der Waals surface area contributed by atoms with Crippen LogP contribution in [0.15, 0.2) is 30.9 Å². The fourth-order valence-corrected chi connectivity index (χ4v) is 2.15. The number of halogens is 2. The molecular weight excluding hydrogens is 259 g/mol. The Labute approximate surface area is 111 Å². The van der Waals surface area contributed by atoms with Gasteiger partial charge in [0, 0.05) is 10.0 Å². The lowest BCUT2D eigenvalue weighted by molar-refractivity contribution is -0.142.